The Labute approximate surface area is 130 Å². The molecule has 0 unspecified atom stereocenters. The fourth-order valence-corrected chi connectivity index (χ4v) is 2.66. The molecule has 4 nitrogen and oxygen atoms in total. The Kier molecular flexibility index (Phi) is 4.62. The van der Waals surface area contributed by atoms with Crippen LogP contribution in [0.25, 0.3) is 0 Å². The SMILES string of the molecule is C[C@@H](Oc1ccccc1F)C(=O)N1CC[C@H](OCC2CC2)C1. The molecule has 3 rings (SSSR count). The highest BCUT2D eigenvalue weighted by molar-refractivity contribution is 5.81. The normalized spacial score (nSPS) is 22.6. The van der Waals surface area contributed by atoms with Crippen LogP contribution in [0.2, 0.25) is 0 Å². The van der Waals surface area contributed by atoms with E-state index < -0.39 is 11.9 Å². The first-order chi connectivity index (χ1) is 10.6. The number of halogens is 1. The highest BCUT2D eigenvalue weighted by atomic mass is 19.1. The maximum atomic E-state index is 13.6. The third-order valence-electron chi connectivity index (χ3n) is 4.21. The Bertz CT molecular complexity index is 532. The van der Waals surface area contributed by atoms with E-state index in [2.05, 4.69) is 0 Å². The molecule has 22 heavy (non-hydrogen) atoms. The molecule has 0 N–H and O–H groups in total. The summed E-state index contributed by atoms with van der Waals surface area (Å²) in [5, 5.41) is 0. The molecule has 1 heterocycles. The highest BCUT2D eigenvalue weighted by Crippen LogP contribution is 2.30. The van der Waals surface area contributed by atoms with Gasteiger partial charge in [0.05, 0.1) is 6.10 Å². The fraction of sp³-hybridized carbons (Fsp3) is 0.588. The number of carbonyl (C=O) groups is 1. The van der Waals surface area contributed by atoms with E-state index in [0.717, 1.165) is 18.9 Å². The average Bonchev–Trinajstić information content (AvgIpc) is 3.23. The van der Waals surface area contributed by atoms with E-state index in [9.17, 15) is 9.18 Å². The Morgan fingerprint density at radius 1 is 1.36 bits per heavy atom. The standard InChI is InChI=1S/C17H22FNO3/c1-12(22-16-5-3-2-4-15(16)18)17(20)19-9-8-14(10-19)21-11-13-6-7-13/h2-5,12-14H,6-11H2,1H3/t12-,14+/m1/s1. The zero-order valence-electron chi connectivity index (χ0n) is 12.8. The van der Waals surface area contributed by atoms with E-state index in [4.69, 9.17) is 9.47 Å². The summed E-state index contributed by atoms with van der Waals surface area (Å²) in [7, 11) is 0. The molecule has 1 aliphatic carbocycles. The van der Waals surface area contributed by atoms with Crippen LogP contribution in [0.1, 0.15) is 26.2 Å². The maximum Gasteiger partial charge on any atom is 0.263 e. The van der Waals surface area contributed by atoms with Gasteiger partial charge in [-0.1, -0.05) is 12.1 Å². The molecule has 2 fully saturated rings. The number of amides is 1. The van der Waals surface area contributed by atoms with Crippen LogP contribution in [0, 0.1) is 11.7 Å². The minimum Gasteiger partial charge on any atom is -0.478 e. The second kappa shape index (κ2) is 6.65. The first-order valence-electron chi connectivity index (χ1n) is 7.95. The second-order valence-corrected chi connectivity index (χ2v) is 6.16. The minimum atomic E-state index is -0.695. The quantitative estimate of drug-likeness (QED) is 0.811. The molecule has 1 aromatic carbocycles. The fourth-order valence-electron chi connectivity index (χ4n) is 2.66. The van der Waals surface area contributed by atoms with Crippen molar-refractivity contribution in [3.63, 3.8) is 0 Å². The maximum absolute atomic E-state index is 13.6. The van der Waals surface area contributed by atoms with Crippen LogP contribution in [0.4, 0.5) is 4.39 Å². The number of benzene rings is 1. The Hall–Kier alpha value is -1.62. The smallest absolute Gasteiger partial charge is 0.263 e. The van der Waals surface area contributed by atoms with Gasteiger partial charge in [0.2, 0.25) is 0 Å². The Morgan fingerprint density at radius 2 is 2.14 bits per heavy atom. The number of rotatable bonds is 6. The molecule has 1 saturated carbocycles. The van der Waals surface area contributed by atoms with Gasteiger partial charge in [-0.25, -0.2) is 4.39 Å². The number of hydrogen-bond acceptors (Lipinski definition) is 3. The summed E-state index contributed by atoms with van der Waals surface area (Å²) in [6.45, 7) is 3.76. The van der Waals surface area contributed by atoms with Gasteiger partial charge in [0, 0.05) is 19.7 Å². The molecular formula is C17H22FNO3. The Morgan fingerprint density at radius 3 is 2.86 bits per heavy atom. The third-order valence-corrected chi connectivity index (χ3v) is 4.21. The van der Waals surface area contributed by atoms with Crippen LogP contribution in [0.3, 0.4) is 0 Å². The van der Waals surface area contributed by atoms with Crippen LogP contribution in [-0.2, 0) is 9.53 Å². The van der Waals surface area contributed by atoms with E-state index >= 15 is 0 Å². The predicted octanol–water partition coefficient (Wildman–Crippen LogP) is 2.62. The van der Waals surface area contributed by atoms with Gasteiger partial charge in [0.15, 0.2) is 17.7 Å². The van der Waals surface area contributed by atoms with Gasteiger partial charge < -0.3 is 14.4 Å². The van der Waals surface area contributed by atoms with E-state index in [1.165, 1.54) is 25.0 Å². The van der Waals surface area contributed by atoms with Crippen LogP contribution in [0.5, 0.6) is 5.75 Å². The van der Waals surface area contributed by atoms with Crippen molar-refractivity contribution in [2.45, 2.75) is 38.4 Å². The van der Waals surface area contributed by atoms with Gasteiger partial charge in [-0.05, 0) is 44.2 Å². The number of likely N-dealkylation sites (tertiary alicyclic amines) is 1. The van der Waals surface area contributed by atoms with Crippen LogP contribution in [0.15, 0.2) is 24.3 Å². The van der Waals surface area contributed by atoms with Gasteiger partial charge >= 0.3 is 0 Å². The molecule has 1 saturated heterocycles. The van der Waals surface area contributed by atoms with Crippen molar-refractivity contribution >= 4 is 5.91 Å². The third kappa shape index (κ3) is 3.77. The van der Waals surface area contributed by atoms with Gasteiger partial charge in [-0.3, -0.25) is 4.79 Å². The van der Waals surface area contributed by atoms with Crippen LogP contribution >= 0.6 is 0 Å². The monoisotopic (exact) mass is 307 g/mol. The molecule has 0 aromatic heterocycles. The lowest BCUT2D eigenvalue weighted by atomic mass is 10.3. The lowest BCUT2D eigenvalue weighted by Gasteiger charge is -2.22. The first-order valence-corrected chi connectivity index (χ1v) is 7.95. The zero-order chi connectivity index (χ0) is 15.5. The van der Waals surface area contributed by atoms with Crippen molar-refractivity contribution in [1.82, 2.24) is 4.90 Å². The van der Waals surface area contributed by atoms with Crippen molar-refractivity contribution in [3.8, 4) is 5.75 Å². The van der Waals surface area contributed by atoms with Crippen molar-refractivity contribution in [3.05, 3.63) is 30.1 Å². The summed E-state index contributed by atoms with van der Waals surface area (Å²) < 4.78 is 24.9. The molecule has 2 aliphatic rings. The number of nitrogens with zero attached hydrogens (tertiary/aromatic N) is 1. The molecule has 1 amide bonds. The topological polar surface area (TPSA) is 38.8 Å². The van der Waals surface area contributed by atoms with Gasteiger partial charge in [0.1, 0.15) is 0 Å². The van der Waals surface area contributed by atoms with Crippen LogP contribution < -0.4 is 4.74 Å². The summed E-state index contributed by atoms with van der Waals surface area (Å²) >= 11 is 0. The van der Waals surface area contributed by atoms with E-state index in [0.29, 0.717) is 13.1 Å². The zero-order valence-corrected chi connectivity index (χ0v) is 12.8. The molecular weight excluding hydrogens is 285 g/mol. The summed E-state index contributed by atoms with van der Waals surface area (Å²) in [6.07, 6.45) is 2.83. The highest BCUT2D eigenvalue weighted by Gasteiger charge is 2.32. The molecule has 2 atom stereocenters. The van der Waals surface area contributed by atoms with Gasteiger partial charge in [0.25, 0.3) is 5.91 Å². The number of hydrogen-bond donors (Lipinski definition) is 0. The van der Waals surface area contributed by atoms with E-state index in [1.807, 2.05) is 0 Å². The second-order valence-electron chi connectivity index (χ2n) is 6.16. The van der Waals surface area contributed by atoms with Crippen LogP contribution in [-0.4, -0.2) is 42.7 Å². The lowest BCUT2D eigenvalue weighted by molar-refractivity contribution is -0.137. The van der Waals surface area contributed by atoms with Crippen molar-refractivity contribution < 1.29 is 18.7 Å². The first kappa shape index (κ1) is 15.3. The largest absolute Gasteiger partial charge is 0.478 e. The molecule has 0 bridgehead atoms. The molecule has 5 heteroatoms. The Balaban J connectivity index is 1.49. The molecule has 0 spiro atoms. The van der Waals surface area contributed by atoms with Crippen molar-refractivity contribution in [2.75, 3.05) is 19.7 Å². The van der Waals surface area contributed by atoms with E-state index in [1.54, 1.807) is 24.0 Å². The summed E-state index contributed by atoms with van der Waals surface area (Å²) in [4.78, 5) is 14.1. The van der Waals surface area contributed by atoms with Crippen molar-refractivity contribution in [1.29, 1.82) is 0 Å². The molecule has 1 aliphatic heterocycles. The number of ether oxygens (including phenoxy) is 2. The predicted molar refractivity (Wildman–Crippen MR) is 80.2 cm³/mol. The summed E-state index contributed by atoms with van der Waals surface area (Å²) in [5.74, 6) is 0.284. The van der Waals surface area contributed by atoms with Gasteiger partial charge in [-0.2, -0.15) is 0 Å². The molecule has 1 aromatic rings. The number of para-hydroxylation sites is 1. The van der Waals surface area contributed by atoms with Crippen molar-refractivity contribution in [2.24, 2.45) is 5.92 Å². The van der Waals surface area contributed by atoms with Gasteiger partial charge in [-0.15, -0.1) is 0 Å². The average molecular weight is 307 g/mol. The lowest BCUT2D eigenvalue weighted by Crippen LogP contribution is -2.39. The minimum absolute atomic E-state index is 0.110. The summed E-state index contributed by atoms with van der Waals surface area (Å²) in [5.41, 5.74) is 0. The van der Waals surface area contributed by atoms with E-state index in [-0.39, 0.29) is 17.8 Å². The molecule has 0 radical (unpaired) electrons. The molecule has 120 valence electrons. The number of carbonyl (C=O) groups excluding carboxylic acids is 1. The summed E-state index contributed by atoms with van der Waals surface area (Å²) in [6, 6.07) is 6.14.